The van der Waals surface area contributed by atoms with Crippen molar-refractivity contribution in [1.82, 2.24) is 15.5 Å². The van der Waals surface area contributed by atoms with Crippen molar-refractivity contribution in [2.75, 3.05) is 11.9 Å². The second kappa shape index (κ2) is 4.87. The molecule has 0 atom stereocenters. The lowest BCUT2D eigenvalue weighted by molar-refractivity contribution is 0.252. The number of anilines is 1. The van der Waals surface area contributed by atoms with E-state index in [1.807, 2.05) is 13.0 Å². The number of hydrogen-bond donors (Lipinski definition) is 3. The van der Waals surface area contributed by atoms with Crippen molar-refractivity contribution in [3.05, 3.63) is 11.8 Å². The number of H-pyrrole nitrogens is 1. The van der Waals surface area contributed by atoms with Crippen molar-refractivity contribution in [2.24, 2.45) is 0 Å². The van der Waals surface area contributed by atoms with Crippen LogP contribution in [0, 0.1) is 11.3 Å². The largest absolute Gasteiger partial charge is 0.338 e. The maximum atomic E-state index is 11.2. The minimum absolute atomic E-state index is 0.316. The highest BCUT2D eigenvalue weighted by molar-refractivity contribution is 5.89. The minimum atomic E-state index is -0.340. The normalized spacial score (nSPS) is 9.14. The van der Waals surface area contributed by atoms with E-state index in [9.17, 15) is 4.79 Å². The molecule has 0 aromatic carbocycles. The van der Waals surface area contributed by atoms with Gasteiger partial charge >= 0.3 is 6.03 Å². The molecule has 2 amide bonds. The van der Waals surface area contributed by atoms with Crippen LogP contribution in [-0.4, -0.2) is 22.8 Å². The fourth-order valence-corrected chi connectivity index (χ4v) is 0.862. The summed E-state index contributed by atoms with van der Waals surface area (Å²) in [6.45, 7) is 2.55. The van der Waals surface area contributed by atoms with Crippen molar-refractivity contribution < 1.29 is 4.79 Å². The van der Waals surface area contributed by atoms with E-state index in [0.29, 0.717) is 17.9 Å². The molecule has 0 saturated carbocycles. The standard InChI is InChI=1S/C8H11N5O/c1-2-3-10-8(14)12-7-6(4-9)5-11-13-7/h5H,2-3H2,1H3,(H3,10,11,12,13,14). The Kier molecular flexibility index (Phi) is 3.49. The molecule has 6 heteroatoms. The Hall–Kier alpha value is -2.03. The third-order valence-corrected chi connectivity index (χ3v) is 1.53. The Morgan fingerprint density at radius 2 is 2.57 bits per heavy atom. The average molecular weight is 193 g/mol. The summed E-state index contributed by atoms with van der Waals surface area (Å²) in [5, 5.41) is 19.9. The molecule has 1 aromatic heterocycles. The van der Waals surface area contributed by atoms with Crippen LogP contribution in [0.4, 0.5) is 10.6 Å². The van der Waals surface area contributed by atoms with Crippen molar-refractivity contribution >= 4 is 11.8 Å². The van der Waals surface area contributed by atoms with E-state index in [1.54, 1.807) is 0 Å². The predicted octanol–water partition coefficient (Wildman–Crippen LogP) is 0.813. The number of rotatable bonds is 3. The molecule has 1 aromatic rings. The smallest absolute Gasteiger partial charge is 0.320 e. The van der Waals surface area contributed by atoms with Gasteiger partial charge in [-0.15, -0.1) is 0 Å². The summed E-state index contributed by atoms with van der Waals surface area (Å²) in [6, 6.07) is 1.56. The number of carbonyl (C=O) groups is 1. The zero-order valence-corrected chi connectivity index (χ0v) is 7.79. The van der Waals surface area contributed by atoms with Gasteiger partial charge in [0.1, 0.15) is 17.5 Å². The number of nitrogens with zero attached hydrogens (tertiary/aromatic N) is 2. The topological polar surface area (TPSA) is 93.6 Å². The third kappa shape index (κ3) is 2.48. The van der Waals surface area contributed by atoms with Gasteiger partial charge in [0.15, 0.2) is 0 Å². The lowest BCUT2D eigenvalue weighted by Gasteiger charge is -2.03. The van der Waals surface area contributed by atoms with Gasteiger partial charge in [-0.1, -0.05) is 6.92 Å². The first-order valence-electron chi connectivity index (χ1n) is 4.26. The van der Waals surface area contributed by atoms with E-state index in [-0.39, 0.29) is 6.03 Å². The molecule has 1 rings (SSSR count). The first-order valence-corrected chi connectivity index (χ1v) is 4.26. The lowest BCUT2D eigenvalue weighted by Crippen LogP contribution is -2.29. The van der Waals surface area contributed by atoms with Crippen LogP contribution in [0.15, 0.2) is 6.20 Å². The summed E-state index contributed by atoms with van der Waals surface area (Å²) in [4.78, 5) is 11.2. The van der Waals surface area contributed by atoms with Gasteiger partial charge in [0.05, 0.1) is 6.20 Å². The fraction of sp³-hybridized carbons (Fsp3) is 0.375. The van der Waals surface area contributed by atoms with Gasteiger partial charge in [0, 0.05) is 6.54 Å². The number of aromatic nitrogens is 2. The molecule has 0 aliphatic heterocycles. The zero-order chi connectivity index (χ0) is 10.4. The summed E-state index contributed by atoms with van der Waals surface area (Å²) in [5.74, 6) is 0.320. The average Bonchev–Trinajstić information content (AvgIpc) is 2.62. The number of amides is 2. The molecule has 6 nitrogen and oxygen atoms in total. The molecule has 0 radical (unpaired) electrons. The highest BCUT2D eigenvalue weighted by atomic mass is 16.2. The Labute approximate surface area is 81.3 Å². The van der Waals surface area contributed by atoms with E-state index in [4.69, 9.17) is 5.26 Å². The highest BCUT2D eigenvalue weighted by Crippen LogP contribution is 2.07. The molecule has 14 heavy (non-hydrogen) atoms. The SMILES string of the molecule is CCCNC(=O)Nc1[nH]ncc1C#N. The summed E-state index contributed by atoms with van der Waals surface area (Å²) in [7, 11) is 0. The number of hydrogen-bond acceptors (Lipinski definition) is 3. The first kappa shape index (κ1) is 10.1. The van der Waals surface area contributed by atoms with E-state index in [2.05, 4.69) is 20.8 Å². The van der Waals surface area contributed by atoms with E-state index in [0.717, 1.165) is 6.42 Å². The Morgan fingerprint density at radius 1 is 1.79 bits per heavy atom. The molecule has 0 saturated heterocycles. The maximum Gasteiger partial charge on any atom is 0.320 e. The Bertz CT molecular complexity index is 351. The van der Waals surface area contributed by atoms with Crippen molar-refractivity contribution in [2.45, 2.75) is 13.3 Å². The molecule has 74 valence electrons. The van der Waals surface area contributed by atoms with Gasteiger partial charge < -0.3 is 5.32 Å². The van der Waals surface area contributed by atoms with Crippen LogP contribution < -0.4 is 10.6 Å². The van der Waals surface area contributed by atoms with Gasteiger partial charge in [-0.05, 0) is 6.42 Å². The maximum absolute atomic E-state index is 11.2. The predicted molar refractivity (Wildman–Crippen MR) is 50.6 cm³/mol. The monoisotopic (exact) mass is 193 g/mol. The van der Waals surface area contributed by atoms with Crippen LogP contribution in [0.5, 0.6) is 0 Å². The van der Waals surface area contributed by atoms with Crippen LogP contribution >= 0.6 is 0 Å². The van der Waals surface area contributed by atoms with E-state index in [1.165, 1.54) is 6.20 Å². The van der Waals surface area contributed by atoms with Crippen LogP contribution in [0.2, 0.25) is 0 Å². The van der Waals surface area contributed by atoms with Gasteiger partial charge in [-0.3, -0.25) is 10.4 Å². The molecule has 0 aliphatic carbocycles. The number of urea groups is 1. The van der Waals surface area contributed by atoms with Crippen LogP contribution in [0.1, 0.15) is 18.9 Å². The number of nitriles is 1. The Balaban J connectivity index is 2.52. The molecule has 0 unspecified atom stereocenters. The fourth-order valence-electron chi connectivity index (χ4n) is 0.862. The third-order valence-electron chi connectivity index (χ3n) is 1.53. The molecular formula is C8H11N5O. The molecular weight excluding hydrogens is 182 g/mol. The molecule has 0 spiro atoms. The number of aromatic amines is 1. The number of nitrogens with one attached hydrogen (secondary N) is 3. The van der Waals surface area contributed by atoms with Crippen molar-refractivity contribution in [3.8, 4) is 6.07 Å². The summed E-state index contributed by atoms with van der Waals surface area (Å²) < 4.78 is 0. The quantitative estimate of drug-likeness (QED) is 0.663. The summed E-state index contributed by atoms with van der Waals surface area (Å²) in [6.07, 6.45) is 2.22. The summed E-state index contributed by atoms with van der Waals surface area (Å²) in [5.41, 5.74) is 0.316. The second-order valence-electron chi connectivity index (χ2n) is 2.65. The molecule has 3 N–H and O–H groups in total. The van der Waals surface area contributed by atoms with Crippen molar-refractivity contribution in [1.29, 1.82) is 5.26 Å². The summed E-state index contributed by atoms with van der Waals surface area (Å²) >= 11 is 0. The van der Waals surface area contributed by atoms with Crippen molar-refractivity contribution in [3.63, 3.8) is 0 Å². The lowest BCUT2D eigenvalue weighted by atomic mass is 10.4. The van der Waals surface area contributed by atoms with Gasteiger partial charge in [-0.25, -0.2) is 4.79 Å². The molecule has 0 bridgehead atoms. The molecule has 0 fully saturated rings. The minimum Gasteiger partial charge on any atom is -0.338 e. The van der Waals surface area contributed by atoms with E-state index < -0.39 is 0 Å². The first-order chi connectivity index (χ1) is 6.77. The van der Waals surface area contributed by atoms with E-state index >= 15 is 0 Å². The van der Waals surface area contributed by atoms with Gasteiger partial charge in [-0.2, -0.15) is 10.4 Å². The second-order valence-corrected chi connectivity index (χ2v) is 2.65. The molecule has 0 aliphatic rings. The zero-order valence-electron chi connectivity index (χ0n) is 7.79. The van der Waals surface area contributed by atoms with Crippen LogP contribution in [0.3, 0.4) is 0 Å². The van der Waals surface area contributed by atoms with Crippen LogP contribution in [-0.2, 0) is 0 Å². The number of carbonyl (C=O) groups excluding carboxylic acids is 1. The molecule has 1 heterocycles. The van der Waals surface area contributed by atoms with Crippen LogP contribution in [0.25, 0.3) is 0 Å². The van der Waals surface area contributed by atoms with Gasteiger partial charge in [0.25, 0.3) is 0 Å². The Morgan fingerprint density at radius 3 is 3.21 bits per heavy atom. The van der Waals surface area contributed by atoms with Gasteiger partial charge in [0.2, 0.25) is 0 Å². The highest BCUT2D eigenvalue weighted by Gasteiger charge is 2.06.